The van der Waals surface area contributed by atoms with Crippen molar-refractivity contribution in [2.75, 3.05) is 13.1 Å². The Hall–Kier alpha value is -0.160. The first-order valence-electron chi connectivity index (χ1n) is 3.05. The van der Waals surface area contributed by atoms with Crippen LogP contribution >= 0.6 is 0 Å². The highest BCUT2D eigenvalue weighted by molar-refractivity contribution is 4.90. The van der Waals surface area contributed by atoms with Crippen LogP contribution < -0.4 is 11.1 Å². The van der Waals surface area contributed by atoms with Gasteiger partial charge in [0.05, 0.1) is 12.2 Å². The van der Waals surface area contributed by atoms with Gasteiger partial charge in [0.2, 0.25) is 0 Å². The summed E-state index contributed by atoms with van der Waals surface area (Å²) in [6.45, 7) is 0.821. The quantitative estimate of drug-likeness (QED) is 0.322. The summed E-state index contributed by atoms with van der Waals surface area (Å²) in [5.74, 6) is 0. The molecular formula is C5H12N2O2. The fraction of sp³-hybridized carbons (Fsp3) is 1.00. The fourth-order valence-corrected chi connectivity index (χ4v) is 1.00. The van der Waals surface area contributed by atoms with Gasteiger partial charge in [-0.1, -0.05) is 0 Å². The molecule has 0 aromatic rings. The SMILES string of the molecule is NCC1NC[C@H](O)[C@H]1O. The molecule has 1 heterocycles. The van der Waals surface area contributed by atoms with Crippen LogP contribution in [0.4, 0.5) is 0 Å². The predicted octanol–water partition coefficient (Wildman–Crippen LogP) is -2.36. The van der Waals surface area contributed by atoms with Crippen molar-refractivity contribution in [2.45, 2.75) is 18.2 Å². The first-order chi connectivity index (χ1) is 4.25. The Kier molecular flexibility index (Phi) is 2.02. The molecule has 1 rings (SSSR count). The maximum absolute atomic E-state index is 9.06. The van der Waals surface area contributed by atoms with Crippen LogP contribution in [0.1, 0.15) is 0 Å². The molecule has 54 valence electrons. The van der Waals surface area contributed by atoms with Crippen LogP contribution in [0, 0.1) is 0 Å². The Balaban J connectivity index is 2.41. The lowest BCUT2D eigenvalue weighted by atomic mass is 10.1. The van der Waals surface area contributed by atoms with E-state index < -0.39 is 12.2 Å². The van der Waals surface area contributed by atoms with E-state index in [4.69, 9.17) is 15.9 Å². The Morgan fingerprint density at radius 2 is 2.22 bits per heavy atom. The molecule has 0 amide bonds. The second kappa shape index (κ2) is 2.62. The van der Waals surface area contributed by atoms with Crippen LogP contribution in [-0.2, 0) is 0 Å². The van der Waals surface area contributed by atoms with Crippen LogP contribution in [0.25, 0.3) is 0 Å². The number of β-amino-alcohol motifs (C(OH)–C–C–N with tert-alkyl or cyclic N) is 1. The third kappa shape index (κ3) is 1.21. The zero-order valence-corrected chi connectivity index (χ0v) is 5.12. The highest BCUT2D eigenvalue weighted by Crippen LogP contribution is 2.05. The summed E-state index contributed by atoms with van der Waals surface area (Å²) in [6, 6.07) is -0.125. The number of nitrogens with one attached hydrogen (secondary N) is 1. The summed E-state index contributed by atoms with van der Waals surface area (Å²) < 4.78 is 0. The molecule has 9 heavy (non-hydrogen) atoms. The molecule has 1 saturated heterocycles. The molecule has 1 aliphatic heterocycles. The number of aliphatic hydroxyl groups excluding tert-OH is 2. The van der Waals surface area contributed by atoms with Crippen molar-refractivity contribution >= 4 is 0 Å². The van der Waals surface area contributed by atoms with Crippen molar-refractivity contribution in [1.29, 1.82) is 0 Å². The van der Waals surface area contributed by atoms with Gasteiger partial charge in [0.1, 0.15) is 0 Å². The van der Waals surface area contributed by atoms with Crippen molar-refractivity contribution in [3.05, 3.63) is 0 Å². The fourth-order valence-electron chi connectivity index (χ4n) is 1.00. The average Bonchev–Trinajstić information content (AvgIpc) is 2.15. The third-order valence-corrected chi connectivity index (χ3v) is 1.65. The number of hydrogen-bond donors (Lipinski definition) is 4. The number of aliphatic hydroxyl groups is 2. The standard InChI is InChI=1S/C5H12N2O2/c6-1-3-5(9)4(8)2-7-3/h3-5,7-9H,1-2,6H2/t3?,4-,5-/m0/s1. The molecule has 0 spiro atoms. The van der Waals surface area contributed by atoms with E-state index in [9.17, 15) is 0 Å². The van der Waals surface area contributed by atoms with E-state index in [0.29, 0.717) is 13.1 Å². The van der Waals surface area contributed by atoms with Gasteiger partial charge in [0, 0.05) is 19.1 Å². The number of hydrogen-bond acceptors (Lipinski definition) is 4. The van der Waals surface area contributed by atoms with E-state index in [-0.39, 0.29) is 6.04 Å². The summed E-state index contributed by atoms with van der Waals surface area (Å²) in [5.41, 5.74) is 5.25. The second-order valence-corrected chi connectivity index (χ2v) is 2.31. The Morgan fingerprint density at radius 3 is 2.44 bits per heavy atom. The van der Waals surface area contributed by atoms with Crippen LogP contribution in [-0.4, -0.2) is 41.6 Å². The van der Waals surface area contributed by atoms with Gasteiger partial charge < -0.3 is 21.3 Å². The van der Waals surface area contributed by atoms with Gasteiger partial charge in [0.15, 0.2) is 0 Å². The molecule has 0 bridgehead atoms. The molecular weight excluding hydrogens is 120 g/mol. The summed E-state index contributed by atoms with van der Waals surface area (Å²) in [7, 11) is 0. The van der Waals surface area contributed by atoms with Gasteiger partial charge in [-0.2, -0.15) is 0 Å². The van der Waals surface area contributed by atoms with E-state index >= 15 is 0 Å². The number of nitrogens with two attached hydrogens (primary N) is 1. The molecule has 0 radical (unpaired) electrons. The zero-order valence-electron chi connectivity index (χ0n) is 5.12. The normalized spacial score (nSPS) is 43.7. The topological polar surface area (TPSA) is 78.5 Å². The molecule has 1 unspecified atom stereocenters. The minimum Gasteiger partial charge on any atom is -0.389 e. The zero-order chi connectivity index (χ0) is 6.85. The molecule has 1 aliphatic rings. The molecule has 5 N–H and O–H groups in total. The van der Waals surface area contributed by atoms with Gasteiger partial charge in [-0.25, -0.2) is 0 Å². The molecule has 4 heteroatoms. The Morgan fingerprint density at radius 1 is 1.56 bits per heavy atom. The molecule has 0 saturated carbocycles. The van der Waals surface area contributed by atoms with E-state index in [1.807, 2.05) is 0 Å². The molecule has 3 atom stereocenters. The summed E-state index contributed by atoms with van der Waals surface area (Å²) >= 11 is 0. The van der Waals surface area contributed by atoms with E-state index in [1.54, 1.807) is 0 Å². The monoisotopic (exact) mass is 132 g/mol. The van der Waals surface area contributed by atoms with E-state index in [1.165, 1.54) is 0 Å². The summed E-state index contributed by atoms with van der Waals surface area (Å²) in [4.78, 5) is 0. The highest BCUT2D eigenvalue weighted by atomic mass is 16.3. The predicted molar refractivity (Wildman–Crippen MR) is 32.9 cm³/mol. The van der Waals surface area contributed by atoms with Crippen LogP contribution in [0.5, 0.6) is 0 Å². The molecule has 4 nitrogen and oxygen atoms in total. The van der Waals surface area contributed by atoms with Crippen molar-refractivity contribution < 1.29 is 10.2 Å². The first-order valence-corrected chi connectivity index (χ1v) is 3.05. The van der Waals surface area contributed by atoms with Crippen molar-refractivity contribution in [2.24, 2.45) is 5.73 Å². The van der Waals surface area contributed by atoms with Crippen LogP contribution in [0.15, 0.2) is 0 Å². The molecule has 0 aliphatic carbocycles. The maximum Gasteiger partial charge on any atom is 0.0976 e. The van der Waals surface area contributed by atoms with Crippen molar-refractivity contribution in [1.82, 2.24) is 5.32 Å². The van der Waals surface area contributed by atoms with Crippen molar-refractivity contribution in [3.8, 4) is 0 Å². The summed E-state index contributed by atoms with van der Waals surface area (Å²) in [5, 5.41) is 20.9. The first kappa shape index (κ1) is 6.95. The highest BCUT2D eigenvalue weighted by Gasteiger charge is 2.31. The van der Waals surface area contributed by atoms with Gasteiger partial charge >= 0.3 is 0 Å². The van der Waals surface area contributed by atoms with Crippen LogP contribution in [0.2, 0.25) is 0 Å². The second-order valence-electron chi connectivity index (χ2n) is 2.31. The average molecular weight is 132 g/mol. The van der Waals surface area contributed by atoms with Gasteiger partial charge in [-0.05, 0) is 0 Å². The lowest BCUT2D eigenvalue weighted by molar-refractivity contribution is 0.0421. The molecule has 0 aromatic carbocycles. The lowest BCUT2D eigenvalue weighted by Gasteiger charge is -2.12. The van der Waals surface area contributed by atoms with E-state index in [2.05, 4.69) is 5.32 Å². The number of rotatable bonds is 1. The third-order valence-electron chi connectivity index (χ3n) is 1.65. The van der Waals surface area contributed by atoms with Gasteiger partial charge in [-0.3, -0.25) is 0 Å². The van der Waals surface area contributed by atoms with Crippen molar-refractivity contribution in [3.63, 3.8) is 0 Å². The van der Waals surface area contributed by atoms with Gasteiger partial charge in [0.25, 0.3) is 0 Å². The molecule has 0 aromatic heterocycles. The minimum absolute atomic E-state index is 0.125. The Labute approximate surface area is 53.7 Å². The largest absolute Gasteiger partial charge is 0.389 e. The van der Waals surface area contributed by atoms with E-state index in [0.717, 1.165) is 0 Å². The lowest BCUT2D eigenvalue weighted by Crippen LogP contribution is -2.39. The minimum atomic E-state index is -0.685. The summed E-state index contributed by atoms with van der Waals surface area (Å²) in [6.07, 6.45) is -1.33. The molecule has 1 fully saturated rings. The van der Waals surface area contributed by atoms with Crippen LogP contribution in [0.3, 0.4) is 0 Å². The maximum atomic E-state index is 9.06. The smallest absolute Gasteiger partial charge is 0.0976 e. The van der Waals surface area contributed by atoms with Gasteiger partial charge in [-0.15, -0.1) is 0 Å². The Bertz CT molecular complexity index is 99.0.